The smallest absolute Gasteiger partial charge is 0.239 e. The van der Waals surface area contributed by atoms with Crippen molar-refractivity contribution in [2.24, 2.45) is 5.16 Å². The Hall–Kier alpha value is -3.21. The summed E-state index contributed by atoms with van der Waals surface area (Å²) in [5, 5.41) is 36.6. The second kappa shape index (κ2) is 7.78. The SMILES string of the molecule is O=C(CNc1nonc1/C(=N/O)NC1Cc2cc(F)ccc21)NCCO. The molecule has 0 spiro atoms. The highest BCUT2D eigenvalue weighted by atomic mass is 19.1. The van der Waals surface area contributed by atoms with Gasteiger partial charge in [-0.1, -0.05) is 11.2 Å². The number of hydrogen-bond donors (Lipinski definition) is 5. The van der Waals surface area contributed by atoms with Crippen LogP contribution in [-0.4, -0.2) is 52.1 Å². The number of carbonyl (C=O) groups is 1. The molecule has 10 nitrogen and oxygen atoms in total. The summed E-state index contributed by atoms with van der Waals surface area (Å²) in [7, 11) is 0. The molecule has 0 fully saturated rings. The fraction of sp³-hybridized carbons (Fsp3) is 0.333. The molecule has 2 aromatic rings. The van der Waals surface area contributed by atoms with E-state index >= 15 is 0 Å². The van der Waals surface area contributed by atoms with Crippen LogP contribution >= 0.6 is 0 Å². The Morgan fingerprint density at radius 3 is 3.00 bits per heavy atom. The van der Waals surface area contributed by atoms with E-state index in [0.717, 1.165) is 11.1 Å². The van der Waals surface area contributed by atoms with Crippen LogP contribution in [0.1, 0.15) is 22.9 Å². The van der Waals surface area contributed by atoms with Gasteiger partial charge in [-0.05, 0) is 40.0 Å². The van der Waals surface area contributed by atoms with E-state index < -0.39 is 0 Å². The van der Waals surface area contributed by atoms with Gasteiger partial charge in [-0.3, -0.25) is 4.79 Å². The largest absolute Gasteiger partial charge is 0.409 e. The molecule has 1 heterocycles. The number of aromatic nitrogens is 2. The minimum atomic E-state index is -0.363. The first-order valence-electron chi connectivity index (χ1n) is 7.83. The molecule has 1 amide bonds. The number of benzene rings is 1. The third-order valence-electron chi connectivity index (χ3n) is 3.88. The minimum Gasteiger partial charge on any atom is -0.409 e. The lowest BCUT2D eigenvalue weighted by Gasteiger charge is -2.31. The van der Waals surface area contributed by atoms with Crippen molar-refractivity contribution in [2.75, 3.05) is 25.0 Å². The number of fused-ring (bicyclic) bond motifs is 1. The quantitative estimate of drug-likeness (QED) is 0.196. The number of aliphatic hydroxyl groups is 1. The van der Waals surface area contributed by atoms with E-state index in [2.05, 4.69) is 36.0 Å². The summed E-state index contributed by atoms with van der Waals surface area (Å²) in [4.78, 5) is 11.6. The van der Waals surface area contributed by atoms with Crippen LogP contribution in [0.25, 0.3) is 0 Å². The molecule has 1 aliphatic carbocycles. The zero-order chi connectivity index (χ0) is 18.5. The Kier molecular flexibility index (Phi) is 5.27. The lowest BCUT2D eigenvalue weighted by molar-refractivity contribution is -0.119. The number of anilines is 1. The van der Waals surface area contributed by atoms with Crippen molar-refractivity contribution >= 4 is 17.6 Å². The zero-order valence-corrected chi connectivity index (χ0v) is 13.6. The molecule has 0 saturated heterocycles. The molecule has 138 valence electrons. The Morgan fingerprint density at radius 2 is 2.27 bits per heavy atom. The highest BCUT2D eigenvalue weighted by Gasteiger charge is 2.29. The van der Waals surface area contributed by atoms with E-state index in [9.17, 15) is 14.4 Å². The highest BCUT2D eigenvalue weighted by molar-refractivity contribution is 6.01. The highest BCUT2D eigenvalue weighted by Crippen LogP contribution is 2.33. The van der Waals surface area contributed by atoms with Gasteiger partial charge in [-0.15, -0.1) is 0 Å². The Morgan fingerprint density at radius 1 is 1.42 bits per heavy atom. The molecule has 1 aromatic carbocycles. The molecule has 5 N–H and O–H groups in total. The summed E-state index contributed by atoms with van der Waals surface area (Å²) in [6.45, 7) is -0.164. The average molecular weight is 364 g/mol. The minimum absolute atomic E-state index is 0.00416. The van der Waals surface area contributed by atoms with Crippen LogP contribution in [-0.2, 0) is 11.2 Å². The maximum absolute atomic E-state index is 13.2. The first-order valence-corrected chi connectivity index (χ1v) is 7.83. The topological polar surface area (TPSA) is 145 Å². The maximum Gasteiger partial charge on any atom is 0.239 e. The van der Waals surface area contributed by atoms with Gasteiger partial charge < -0.3 is 26.3 Å². The van der Waals surface area contributed by atoms with E-state index in [0.29, 0.717) is 6.42 Å². The molecule has 1 aliphatic rings. The molecule has 0 aliphatic heterocycles. The molecule has 11 heteroatoms. The van der Waals surface area contributed by atoms with Crippen molar-refractivity contribution in [3.63, 3.8) is 0 Å². The number of carbonyl (C=O) groups excluding carboxylic acids is 1. The molecular weight excluding hydrogens is 347 g/mol. The van der Waals surface area contributed by atoms with Gasteiger partial charge >= 0.3 is 0 Å². The normalized spacial score (nSPS) is 15.8. The average Bonchev–Trinajstić information content (AvgIpc) is 3.08. The Balaban J connectivity index is 1.64. The van der Waals surface area contributed by atoms with E-state index in [1.807, 2.05) is 0 Å². The third kappa shape index (κ3) is 3.72. The van der Waals surface area contributed by atoms with Crippen LogP contribution in [0.3, 0.4) is 0 Å². The molecule has 0 radical (unpaired) electrons. The van der Waals surface area contributed by atoms with Crippen LogP contribution in [0.4, 0.5) is 10.2 Å². The van der Waals surface area contributed by atoms with Gasteiger partial charge in [0.2, 0.25) is 11.7 Å². The first-order chi connectivity index (χ1) is 12.6. The summed E-state index contributed by atoms with van der Waals surface area (Å²) in [6.07, 6.45) is 0.559. The predicted octanol–water partition coefficient (Wildman–Crippen LogP) is -0.248. The maximum atomic E-state index is 13.2. The van der Waals surface area contributed by atoms with Gasteiger partial charge in [-0.25, -0.2) is 9.02 Å². The van der Waals surface area contributed by atoms with Crippen LogP contribution < -0.4 is 16.0 Å². The van der Waals surface area contributed by atoms with Crippen molar-refractivity contribution in [2.45, 2.75) is 12.5 Å². The summed E-state index contributed by atoms with van der Waals surface area (Å²) < 4.78 is 17.8. The predicted molar refractivity (Wildman–Crippen MR) is 87.2 cm³/mol. The van der Waals surface area contributed by atoms with Gasteiger partial charge in [0, 0.05) is 6.54 Å². The number of nitrogens with zero attached hydrogens (tertiary/aromatic N) is 3. The molecular formula is C15H17FN6O4. The van der Waals surface area contributed by atoms with E-state index in [1.165, 1.54) is 12.1 Å². The number of oxime groups is 1. The second-order valence-electron chi connectivity index (χ2n) is 5.58. The molecule has 0 bridgehead atoms. The summed E-state index contributed by atoms with van der Waals surface area (Å²) in [5.74, 6) is -0.545. The van der Waals surface area contributed by atoms with E-state index in [-0.39, 0.29) is 54.8 Å². The second-order valence-corrected chi connectivity index (χ2v) is 5.58. The lowest BCUT2D eigenvalue weighted by Crippen LogP contribution is -2.37. The third-order valence-corrected chi connectivity index (χ3v) is 3.88. The fourth-order valence-corrected chi connectivity index (χ4v) is 2.61. The molecule has 1 aromatic heterocycles. The first kappa shape index (κ1) is 17.6. The molecule has 26 heavy (non-hydrogen) atoms. The van der Waals surface area contributed by atoms with Crippen LogP contribution in [0.15, 0.2) is 28.0 Å². The molecule has 1 unspecified atom stereocenters. The lowest BCUT2D eigenvalue weighted by atomic mass is 9.83. The molecule has 0 saturated carbocycles. The van der Waals surface area contributed by atoms with Gasteiger partial charge in [0.25, 0.3) is 0 Å². The number of aliphatic hydroxyl groups excluding tert-OH is 1. The van der Waals surface area contributed by atoms with Crippen LogP contribution in [0.2, 0.25) is 0 Å². The van der Waals surface area contributed by atoms with E-state index in [4.69, 9.17) is 5.11 Å². The zero-order valence-electron chi connectivity index (χ0n) is 13.6. The number of nitrogens with one attached hydrogen (secondary N) is 3. The Labute approximate surface area is 147 Å². The van der Waals surface area contributed by atoms with Crippen molar-refractivity contribution in [3.05, 3.63) is 40.8 Å². The van der Waals surface area contributed by atoms with Crippen molar-refractivity contribution in [1.82, 2.24) is 20.9 Å². The number of amides is 1. The van der Waals surface area contributed by atoms with Crippen molar-refractivity contribution in [3.8, 4) is 0 Å². The summed E-state index contributed by atoms with van der Waals surface area (Å²) in [5.41, 5.74) is 1.86. The number of halogens is 1. The molecule has 3 rings (SSSR count). The summed E-state index contributed by atoms with van der Waals surface area (Å²) >= 11 is 0. The van der Waals surface area contributed by atoms with Gasteiger partial charge in [-0.2, -0.15) is 0 Å². The van der Waals surface area contributed by atoms with E-state index in [1.54, 1.807) is 6.07 Å². The van der Waals surface area contributed by atoms with Crippen molar-refractivity contribution < 1.29 is 24.1 Å². The van der Waals surface area contributed by atoms with Gasteiger partial charge in [0.05, 0.1) is 19.2 Å². The van der Waals surface area contributed by atoms with Crippen LogP contribution in [0.5, 0.6) is 0 Å². The van der Waals surface area contributed by atoms with Crippen molar-refractivity contribution in [1.29, 1.82) is 0 Å². The fourth-order valence-electron chi connectivity index (χ4n) is 2.61. The van der Waals surface area contributed by atoms with Gasteiger partial charge in [0.15, 0.2) is 11.5 Å². The molecule has 1 atom stereocenters. The Bertz CT molecular complexity index is 824. The monoisotopic (exact) mass is 364 g/mol. The standard InChI is InChI=1S/C15H17FN6O4/c16-9-1-2-10-8(5-9)6-11(10)19-15(20-25)13-14(22-26-21-13)18-7-12(24)17-3-4-23/h1-2,5,11,23,25H,3-4,6-7H2,(H,17,24)(H,18,22)(H,19,20). The van der Waals surface area contributed by atoms with Gasteiger partial charge in [0.1, 0.15) is 5.82 Å². The number of amidine groups is 1. The van der Waals surface area contributed by atoms with Crippen LogP contribution in [0, 0.1) is 5.82 Å². The number of rotatable bonds is 7. The summed E-state index contributed by atoms with van der Waals surface area (Å²) in [6, 6.07) is 4.30. The number of hydrogen-bond acceptors (Lipinski definition) is 8.